The highest BCUT2D eigenvalue weighted by Crippen LogP contribution is 2.23. The Bertz CT molecular complexity index is 274. The first kappa shape index (κ1) is 12.8. The summed E-state index contributed by atoms with van der Waals surface area (Å²) in [7, 11) is 1.63. The molecule has 6 heteroatoms. The van der Waals surface area contributed by atoms with Crippen molar-refractivity contribution in [3.8, 4) is 0 Å². The highest BCUT2D eigenvalue weighted by molar-refractivity contribution is 5.75. The van der Waals surface area contributed by atoms with Gasteiger partial charge in [-0.1, -0.05) is 0 Å². The molecular formula is C10H18N2O4. The lowest BCUT2D eigenvalue weighted by atomic mass is 9.97. The van der Waals surface area contributed by atoms with E-state index >= 15 is 0 Å². The van der Waals surface area contributed by atoms with Crippen LogP contribution in [0.5, 0.6) is 0 Å². The summed E-state index contributed by atoms with van der Waals surface area (Å²) in [6.45, 7) is 3.50. The quantitative estimate of drug-likeness (QED) is 0.665. The number of carboxylic acids is 1. The normalized spacial score (nSPS) is 17.8. The molecule has 0 saturated carbocycles. The zero-order chi connectivity index (χ0) is 12.2. The number of hydrogen-bond acceptors (Lipinski definition) is 3. The summed E-state index contributed by atoms with van der Waals surface area (Å²) in [5, 5.41) is 11.1. The van der Waals surface area contributed by atoms with Gasteiger partial charge in [0.05, 0.1) is 13.1 Å². The molecule has 1 aliphatic rings. The number of ether oxygens (including phenoxy) is 1. The molecule has 0 unspecified atom stereocenters. The van der Waals surface area contributed by atoms with Crippen LogP contribution in [0.15, 0.2) is 0 Å². The minimum atomic E-state index is -0.842. The molecule has 1 saturated heterocycles. The number of hydrogen-bond donors (Lipinski definition) is 2. The molecule has 0 aliphatic carbocycles. The van der Waals surface area contributed by atoms with Gasteiger partial charge in [-0.05, 0) is 13.3 Å². The molecule has 0 aromatic rings. The van der Waals surface area contributed by atoms with Crippen LogP contribution in [0.1, 0.15) is 19.8 Å². The van der Waals surface area contributed by atoms with Crippen LogP contribution in [0.4, 0.5) is 4.79 Å². The number of carboxylic acid groups (broad SMARTS) is 1. The van der Waals surface area contributed by atoms with Gasteiger partial charge in [-0.2, -0.15) is 0 Å². The maximum Gasteiger partial charge on any atom is 0.317 e. The Balaban J connectivity index is 2.11. The molecule has 16 heavy (non-hydrogen) atoms. The standard InChI is InChI=1S/C10H18N2O4/c1-10(16-2)6-12(7-10)9(15)11-5-3-4-8(13)14/h3-7H2,1-2H3,(H,11,15)(H,13,14). The van der Waals surface area contributed by atoms with Crippen LogP contribution in [-0.4, -0.2) is 54.4 Å². The molecule has 0 aromatic heterocycles. The summed E-state index contributed by atoms with van der Waals surface area (Å²) in [6, 6.07) is -0.153. The third-order valence-corrected chi connectivity index (χ3v) is 2.67. The molecule has 1 fully saturated rings. The molecule has 1 rings (SSSR count). The second-order valence-corrected chi connectivity index (χ2v) is 4.24. The third-order valence-electron chi connectivity index (χ3n) is 2.67. The smallest absolute Gasteiger partial charge is 0.317 e. The van der Waals surface area contributed by atoms with E-state index in [9.17, 15) is 9.59 Å². The molecule has 6 nitrogen and oxygen atoms in total. The van der Waals surface area contributed by atoms with Gasteiger partial charge in [0, 0.05) is 20.1 Å². The van der Waals surface area contributed by atoms with E-state index in [1.165, 1.54) is 0 Å². The van der Waals surface area contributed by atoms with Gasteiger partial charge in [-0.25, -0.2) is 4.79 Å². The topological polar surface area (TPSA) is 78.9 Å². The Labute approximate surface area is 94.6 Å². The van der Waals surface area contributed by atoms with E-state index in [0.717, 1.165) is 0 Å². The number of amides is 2. The Kier molecular flexibility index (Phi) is 4.12. The minimum Gasteiger partial charge on any atom is -0.481 e. The summed E-state index contributed by atoms with van der Waals surface area (Å²) in [6.07, 6.45) is 0.534. The van der Waals surface area contributed by atoms with Crippen LogP contribution in [0.2, 0.25) is 0 Å². The van der Waals surface area contributed by atoms with Crippen molar-refractivity contribution in [2.45, 2.75) is 25.4 Å². The third kappa shape index (κ3) is 3.37. The van der Waals surface area contributed by atoms with E-state index in [0.29, 0.717) is 26.1 Å². The van der Waals surface area contributed by atoms with Crippen LogP contribution in [-0.2, 0) is 9.53 Å². The van der Waals surface area contributed by atoms with Crippen molar-refractivity contribution >= 4 is 12.0 Å². The maximum absolute atomic E-state index is 11.5. The lowest BCUT2D eigenvalue weighted by Gasteiger charge is -2.46. The fourth-order valence-corrected chi connectivity index (χ4v) is 1.58. The van der Waals surface area contributed by atoms with Crippen molar-refractivity contribution in [3.63, 3.8) is 0 Å². The largest absolute Gasteiger partial charge is 0.481 e. The summed E-state index contributed by atoms with van der Waals surface area (Å²) in [5.74, 6) is -0.842. The van der Waals surface area contributed by atoms with Gasteiger partial charge < -0.3 is 20.1 Å². The molecule has 0 atom stereocenters. The van der Waals surface area contributed by atoms with E-state index in [-0.39, 0.29) is 18.1 Å². The average molecular weight is 230 g/mol. The number of nitrogens with zero attached hydrogens (tertiary/aromatic N) is 1. The predicted octanol–water partition coefficient (Wildman–Crippen LogP) is 0.281. The molecule has 0 aromatic carbocycles. The Morgan fingerprint density at radius 3 is 2.62 bits per heavy atom. The first-order valence-corrected chi connectivity index (χ1v) is 5.26. The fraction of sp³-hybridized carbons (Fsp3) is 0.800. The number of rotatable bonds is 5. The van der Waals surface area contributed by atoms with Crippen LogP contribution in [0.3, 0.4) is 0 Å². The molecule has 0 bridgehead atoms. The summed E-state index contributed by atoms with van der Waals surface area (Å²) in [5.41, 5.74) is -0.224. The molecule has 1 aliphatic heterocycles. The van der Waals surface area contributed by atoms with Crippen molar-refractivity contribution in [2.75, 3.05) is 26.7 Å². The maximum atomic E-state index is 11.5. The average Bonchev–Trinajstić information content (AvgIpc) is 2.19. The molecular weight excluding hydrogens is 212 g/mol. The molecule has 0 spiro atoms. The molecule has 1 heterocycles. The van der Waals surface area contributed by atoms with E-state index in [2.05, 4.69) is 5.32 Å². The number of carbonyl (C=O) groups excluding carboxylic acids is 1. The van der Waals surface area contributed by atoms with Gasteiger partial charge in [0.25, 0.3) is 0 Å². The lowest BCUT2D eigenvalue weighted by Crippen LogP contribution is -2.64. The van der Waals surface area contributed by atoms with Crippen LogP contribution < -0.4 is 5.32 Å². The SMILES string of the molecule is COC1(C)CN(C(=O)NCCCC(=O)O)C1. The Morgan fingerprint density at radius 2 is 2.12 bits per heavy atom. The molecule has 92 valence electrons. The summed E-state index contributed by atoms with van der Waals surface area (Å²) < 4.78 is 5.21. The Morgan fingerprint density at radius 1 is 1.50 bits per heavy atom. The van der Waals surface area contributed by atoms with Crippen molar-refractivity contribution in [1.82, 2.24) is 10.2 Å². The van der Waals surface area contributed by atoms with Crippen LogP contribution >= 0.6 is 0 Å². The molecule has 2 N–H and O–H groups in total. The van der Waals surface area contributed by atoms with Gasteiger partial charge in [0.2, 0.25) is 0 Å². The molecule has 2 amide bonds. The van der Waals surface area contributed by atoms with Crippen LogP contribution in [0.25, 0.3) is 0 Å². The molecule has 0 radical (unpaired) electrons. The first-order valence-electron chi connectivity index (χ1n) is 5.26. The van der Waals surface area contributed by atoms with E-state index < -0.39 is 5.97 Å². The van der Waals surface area contributed by atoms with Gasteiger partial charge in [0.1, 0.15) is 5.60 Å². The zero-order valence-electron chi connectivity index (χ0n) is 9.65. The predicted molar refractivity (Wildman–Crippen MR) is 57.3 cm³/mol. The van der Waals surface area contributed by atoms with Crippen molar-refractivity contribution in [2.24, 2.45) is 0 Å². The zero-order valence-corrected chi connectivity index (χ0v) is 9.65. The first-order chi connectivity index (χ1) is 7.47. The van der Waals surface area contributed by atoms with Gasteiger partial charge in [-0.15, -0.1) is 0 Å². The number of aliphatic carboxylic acids is 1. The lowest BCUT2D eigenvalue weighted by molar-refractivity contribution is -0.137. The van der Waals surface area contributed by atoms with Crippen molar-refractivity contribution in [1.29, 1.82) is 0 Å². The van der Waals surface area contributed by atoms with Crippen molar-refractivity contribution < 1.29 is 19.4 Å². The van der Waals surface area contributed by atoms with Gasteiger partial charge >= 0.3 is 12.0 Å². The van der Waals surface area contributed by atoms with E-state index in [1.54, 1.807) is 12.0 Å². The highest BCUT2D eigenvalue weighted by atomic mass is 16.5. The minimum absolute atomic E-state index is 0.0794. The second kappa shape index (κ2) is 5.16. The summed E-state index contributed by atoms with van der Waals surface area (Å²) >= 11 is 0. The Hall–Kier alpha value is -1.30. The number of carbonyl (C=O) groups is 2. The second-order valence-electron chi connectivity index (χ2n) is 4.24. The van der Waals surface area contributed by atoms with Gasteiger partial charge in [0.15, 0.2) is 0 Å². The number of urea groups is 1. The van der Waals surface area contributed by atoms with E-state index in [4.69, 9.17) is 9.84 Å². The highest BCUT2D eigenvalue weighted by Gasteiger charge is 2.41. The van der Waals surface area contributed by atoms with E-state index in [1.807, 2.05) is 6.92 Å². The number of methoxy groups -OCH3 is 1. The van der Waals surface area contributed by atoms with Crippen molar-refractivity contribution in [3.05, 3.63) is 0 Å². The number of likely N-dealkylation sites (tertiary alicyclic amines) is 1. The van der Waals surface area contributed by atoms with Gasteiger partial charge in [-0.3, -0.25) is 4.79 Å². The van der Waals surface area contributed by atoms with Crippen LogP contribution in [0, 0.1) is 0 Å². The fourth-order valence-electron chi connectivity index (χ4n) is 1.58. The number of nitrogens with one attached hydrogen (secondary N) is 1. The monoisotopic (exact) mass is 230 g/mol. The summed E-state index contributed by atoms with van der Waals surface area (Å²) in [4.78, 5) is 23.4.